The molecule has 0 unspecified atom stereocenters. The summed E-state index contributed by atoms with van der Waals surface area (Å²) in [4.78, 5) is 24.3. The van der Waals surface area contributed by atoms with Gasteiger partial charge in [-0.05, 0) is 13.8 Å². The largest absolute Gasteiger partial charge is 0.464 e. The average Bonchev–Trinajstić information content (AvgIpc) is 2.46. The Morgan fingerprint density at radius 3 is 2.37 bits per heavy atom. The molecule has 2 heterocycles. The van der Waals surface area contributed by atoms with Gasteiger partial charge in [-0.2, -0.15) is 0 Å². The van der Waals surface area contributed by atoms with Gasteiger partial charge >= 0.3 is 5.97 Å². The number of hydrogen-bond acceptors (Lipinski definition) is 6. The maximum absolute atomic E-state index is 11.3. The van der Waals surface area contributed by atoms with E-state index in [0.717, 1.165) is 32.0 Å². The van der Waals surface area contributed by atoms with E-state index in [0.29, 0.717) is 6.04 Å². The van der Waals surface area contributed by atoms with Gasteiger partial charge in [-0.25, -0.2) is 14.8 Å². The minimum absolute atomic E-state index is 0.243. The number of hydrogen-bond donors (Lipinski definition) is 0. The zero-order chi connectivity index (χ0) is 13.8. The van der Waals surface area contributed by atoms with E-state index in [9.17, 15) is 4.79 Å². The molecule has 1 fully saturated rings. The van der Waals surface area contributed by atoms with Gasteiger partial charge in [0.15, 0.2) is 5.69 Å². The van der Waals surface area contributed by atoms with Crippen molar-refractivity contribution in [3.8, 4) is 0 Å². The molecule has 0 atom stereocenters. The minimum atomic E-state index is -0.455. The van der Waals surface area contributed by atoms with E-state index in [1.165, 1.54) is 13.3 Å². The molecule has 104 valence electrons. The Balaban J connectivity index is 1.98. The van der Waals surface area contributed by atoms with Crippen LogP contribution in [0.3, 0.4) is 0 Å². The van der Waals surface area contributed by atoms with Crippen molar-refractivity contribution in [1.82, 2.24) is 14.9 Å². The molecule has 1 aliphatic rings. The Bertz CT molecular complexity index is 425. The first kappa shape index (κ1) is 13.7. The molecule has 0 amide bonds. The van der Waals surface area contributed by atoms with Crippen LogP contribution in [-0.4, -0.2) is 60.2 Å². The van der Waals surface area contributed by atoms with Crippen molar-refractivity contribution in [2.45, 2.75) is 19.9 Å². The van der Waals surface area contributed by atoms with Gasteiger partial charge in [0.2, 0.25) is 0 Å². The molecule has 0 aliphatic carbocycles. The van der Waals surface area contributed by atoms with E-state index >= 15 is 0 Å². The van der Waals surface area contributed by atoms with E-state index in [1.54, 1.807) is 6.20 Å². The SMILES string of the molecule is COC(=O)c1cnc(N2CCN(C(C)C)CC2)cn1. The summed E-state index contributed by atoms with van der Waals surface area (Å²) in [7, 11) is 1.34. The Kier molecular flexibility index (Phi) is 4.31. The number of anilines is 1. The Morgan fingerprint density at radius 2 is 1.89 bits per heavy atom. The normalized spacial score (nSPS) is 16.7. The third-order valence-electron chi connectivity index (χ3n) is 3.40. The predicted octanol–water partition coefficient (Wildman–Crippen LogP) is 0.794. The molecular formula is C13H20N4O2. The van der Waals surface area contributed by atoms with Gasteiger partial charge in [0.05, 0.1) is 19.5 Å². The third kappa shape index (κ3) is 3.20. The summed E-state index contributed by atoms with van der Waals surface area (Å²) in [5.74, 6) is 0.361. The van der Waals surface area contributed by atoms with Gasteiger partial charge in [0.1, 0.15) is 5.82 Å². The van der Waals surface area contributed by atoms with E-state index in [4.69, 9.17) is 0 Å². The Morgan fingerprint density at radius 1 is 1.21 bits per heavy atom. The fourth-order valence-electron chi connectivity index (χ4n) is 2.16. The smallest absolute Gasteiger partial charge is 0.358 e. The molecule has 19 heavy (non-hydrogen) atoms. The number of aromatic nitrogens is 2. The lowest BCUT2D eigenvalue weighted by Gasteiger charge is -2.37. The van der Waals surface area contributed by atoms with Gasteiger partial charge < -0.3 is 9.64 Å². The van der Waals surface area contributed by atoms with Crippen molar-refractivity contribution in [2.24, 2.45) is 0 Å². The molecule has 1 aliphatic heterocycles. The van der Waals surface area contributed by atoms with Crippen molar-refractivity contribution < 1.29 is 9.53 Å². The first-order chi connectivity index (χ1) is 9.11. The quantitative estimate of drug-likeness (QED) is 0.752. The summed E-state index contributed by atoms with van der Waals surface area (Å²) in [6.45, 7) is 8.34. The predicted molar refractivity (Wildman–Crippen MR) is 72.3 cm³/mol. The van der Waals surface area contributed by atoms with Crippen LogP contribution in [0.5, 0.6) is 0 Å². The van der Waals surface area contributed by atoms with Gasteiger partial charge in [-0.3, -0.25) is 4.90 Å². The van der Waals surface area contributed by atoms with E-state index < -0.39 is 5.97 Å². The molecule has 1 aromatic heterocycles. The zero-order valence-electron chi connectivity index (χ0n) is 11.7. The van der Waals surface area contributed by atoms with Gasteiger partial charge in [0, 0.05) is 32.2 Å². The maximum atomic E-state index is 11.3. The molecule has 2 rings (SSSR count). The molecule has 0 spiro atoms. The van der Waals surface area contributed by atoms with Crippen molar-refractivity contribution in [3.63, 3.8) is 0 Å². The second-order valence-corrected chi connectivity index (χ2v) is 4.87. The summed E-state index contributed by atoms with van der Waals surface area (Å²) in [6.07, 6.45) is 3.10. The van der Waals surface area contributed by atoms with Gasteiger partial charge in [-0.15, -0.1) is 0 Å². The van der Waals surface area contributed by atoms with Crippen molar-refractivity contribution in [2.75, 3.05) is 38.2 Å². The summed E-state index contributed by atoms with van der Waals surface area (Å²) in [5.41, 5.74) is 0.243. The highest BCUT2D eigenvalue weighted by atomic mass is 16.5. The molecule has 6 nitrogen and oxygen atoms in total. The topological polar surface area (TPSA) is 58.6 Å². The molecule has 0 bridgehead atoms. The van der Waals surface area contributed by atoms with Crippen molar-refractivity contribution >= 4 is 11.8 Å². The van der Waals surface area contributed by atoms with Gasteiger partial charge in [0.25, 0.3) is 0 Å². The fourth-order valence-corrected chi connectivity index (χ4v) is 2.16. The lowest BCUT2D eigenvalue weighted by molar-refractivity contribution is 0.0593. The van der Waals surface area contributed by atoms with Crippen LogP contribution in [0.2, 0.25) is 0 Å². The van der Waals surface area contributed by atoms with Crippen LogP contribution in [-0.2, 0) is 4.74 Å². The number of ether oxygens (including phenoxy) is 1. The number of nitrogens with zero attached hydrogens (tertiary/aromatic N) is 4. The average molecular weight is 264 g/mol. The van der Waals surface area contributed by atoms with Crippen LogP contribution in [0.25, 0.3) is 0 Å². The van der Waals surface area contributed by atoms with Crippen LogP contribution >= 0.6 is 0 Å². The molecule has 0 N–H and O–H groups in total. The number of carbonyl (C=O) groups is 1. The molecule has 1 saturated heterocycles. The van der Waals surface area contributed by atoms with E-state index in [-0.39, 0.29) is 5.69 Å². The van der Waals surface area contributed by atoms with Gasteiger partial charge in [-0.1, -0.05) is 0 Å². The number of rotatable bonds is 3. The number of methoxy groups -OCH3 is 1. The summed E-state index contributed by atoms with van der Waals surface area (Å²) >= 11 is 0. The summed E-state index contributed by atoms with van der Waals surface area (Å²) in [6, 6.07) is 0.579. The first-order valence-corrected chi connectivity index (χ1v) is 6.51. The molecule has 0 aromatic carbocycles. The minimum Gasteiger partial charge on any atom is -0.464 e. The van der Waals surface area contributed by atoms with Crippen molar-refractivity contribution in [3.05, 3.63) is 18.1 Å². The third-order valence-corrected chi connectivity index (χ3v) is 3.40. The monoisotopic (exact) mass is 264 g/mol. The van der Waals surface area contributed by atoms with Crippen LogP contribution < -0.4 is 4.90 Å². The lowest BCUT2D eigenvalue weighted by Crippen LogP contribution is -2.49. The summed E-state index contributed by atoms with van der Waals surface area (Å²) in [5, 5.41) is 0. The number of esters is 1. The van der Waals surface area contributed by atoms with Crippen LogP contribution in [0, 0.1) is 0 Å². The Hall–Kier alpha value is -1.69. The van der Waals surface area contributed by atoms with E-state index in [2.05, 4.69) is 38.4 Å². The number of carbonyl (C=O) groups excluding carboxylic acids is 1. The second-order valence-electron chi connectivity index (χ2n) is 4.87. The maximum Gasteiger partial charge on any atom is 0.358 e. The molecule has 6 heteroatoms. The second kappa shape index (κ2) is 5.97. The molecule has 1 aromatic rings. The number of piperazine rings is 1. The van der Waals surface area contributed by atoms with E-state index in [1.807, 2.05) is 0 Å². The van der Waals surface area contributed by atoms with Crippen molar-refractivity contribution in [1.29, 1.82) is 0 Å². The highest BCUT2D eigenvalue weighted by molar-refractivity contribution is 5.86. The highest BCUT2D eigenvalue weighted by Gasteiger charge is 2.20. The lowest BCUT2D eigenvalue weighted by atomic mass is 10.2. The van der Waals surface area contributed by atoms with Crippen LogP contribution in [0.4, 0.5) is 5.82 Å². The van der Waals surface area contributed by atoms with Crippen LogP contribution in [0.15, 0.2) is 12.4 Å². The fraction of sp³-hybridized carbons (Fsp3) is 0.615. The Labute approximate surface area is 113 Å². The molecule has 0 radical (unpaired) electrons. The summed E-state index contributed by atoms with van der Waals surface area (Å²) < 4.78 is 4.60. The molecule has 0 saturated carbocycles. The first-order valence-electron chi connectivity index (χ1n) is 6.51. The highest BCUT2D eigenvalue weighted by Crippen LogP contribution is 2.13. The standard InChI is InChI=1S/C13H20N4O2/c1-10(2)16-4-6-17(7-5-16)12-9-14-11(8-15-12)13(18)19-3/h8-10H,4-7H2,1-3H3. The zero-order valence-corrected chi connectivity index (χ0v) is 11.7. The van der Waals surface area contributed by atoms with Crippen LogP contribution in [0.1, 0.15) is 24.3 Å². The molecular weight excluding hydrogens is 244 g/mol.